The molecule has 2 fully saturated rings. The van der Waals surface area contributed by atoms with Crippen LogP contribution >= 0.6 is 11.3 Å². The Hall–Kier alpha value is -0.440. The molecule has 0 spiro atoms. The largest absolute Gasteiger partial charge is 0.309 e. The number of sulfone groups is 2. The third-order valence-electron chi connectivity index (χ3n) is 4.28. The fourth-order valence-electron chi connectivity index (χ4n) is 3.25. The van der Waals surface area contributed by atoms with Gasteiger partial charge in [0.25, 0.3) is 0 Å². The van der Waals surface area contributed by atoms with Crippen molar-refractivity contribution in [3.8, 4) is 0 Å². The Kier molecular flexibility index (Phi) is 4.15. The molecule has 1 aromatic rings. The van der Waals surface area contributed by atoms with Crippen molar-refractivity contribution in [3.63, 3.8) is 0 Å². The quantitative estimate of drug-likeness (QED) is 0.884. The van der Waals surface area contributed by atoms with E-state index in [0.29, 0.717) is 0 Å². The van der Waals surface area contributed by atoms with Gasteiger partial charge in [-0.1, -0.05) is 18.9 Å². The number of hydrogen-bond acceptors (Lipinski definition) is 6. The van der Waals surface area contributed by atoms with Crippen LogP contribution in [-0.4, -0.2) is 45.7 Å². The Morgan fingerprint density at radius 1 is 1.19 bits per heavy atom. The SMILES string of the molecule is O=S1(=O)CC(NC2CCCC2)C(S(=O)(=O)c2cccs2)C1. The third kappa shape index (κ3) is 3.18. The van der Waals surface area contributed by atoms with E-state index in [1.807, 2.05) is 0 Å². The van der Waals surface area contributed by atoms with E-state index in [0.717, 1.165) is 37.0 Å². The van der Waals surface area contributed by atoms with E-state index < -0.39 is 31.0 Å². The standard InChI is InChI=1S/C13H19NO4S3/c15-20(16)8-11(14-10-4-1-2-5-10)12(9-20)21(17,18)13-6-3-7-19-13/h3,6-7,10-12,14H,1-2,4-5,8-9H2. The topological polar surface area (TPSA) is 80.3 Å². The van der Waals surface area contributed by atoms with Gasteiger partial charge in [0.15, 0.2) is 19.7 Å². The molecule has 1 aliphatic carbocycles. The lowest BCUT2D eigenvalue weighted by Gasteiger charge is -2.23. The Morgan fingerprint density at radius 3 is 2.52 bits per heavy atom. The molecule has 1 aromatic heterocycles. The Labute approximate surface area is 129 Å². The molecule has 1 aliphatic heterocycles. The summed E-state index contributed by atoms with van der Waals surface area (Å²) in [6.45, 7) is 0. The maximum atomic E-state index is 12.7. The summed E-state index contributed by atoms with van der Waals surface area (Å²) in [5.41, 5.74) is 0. The molecule has 21 heavy (non-hydrogen) atoms. The minimum absolute atomic E-state index is 0.0707. The fraction of sp³-hybridized carbons (Fsp3) is 0.692. The summed E-state index contributed by atoms with van der Waals surface area (Å²) in [7, 11) is -6.88. The van der Waals surface area contributed by atoms with Gasteiger partial charge in [-0.2, -0.15) is 0 Å². The van der Waals surface area contributed by atoms with Crippen LogP contribution in [0.4, 0.5) is 0 Å². The molecule has 118 valence electrons. The van der Waals surface area contributed by atoms with Crippen molar-refractivity contribution in [2.45, 2.75) is 47.2 Å². The molecule has 2 atom stereocenters. The Balaban J connectivity index is 1.87. The van der Waals surface area contributed by atoms with E-state index in [-0.39, 0.29) is 21.8 Å². The summed E-state index contributed by atoms with van der Waals surface area (Å²) < 4.78 is 49.5. The molecule has 0 amide bonds. The first kappa shape index (κ1) is 15.5. The number of thiophene rings is 1. The zero-order valence-electron chi connectivity index (χ0n) is 11.6. The van der Waals surface area contributed by atoms with Gasteiger partial charge in [0.1, 0.15) is 4.21 Å². The van der Waals surface area contributed by atoms with Crippen LogP contribution < -0.4 is 5.32 Å². The summed E-state index contributed by atoms with van der Waals surface area (Å²) in [4.78, 5) is 0. The van der Waals surface area contributed by atoms with Crippen LogP contribution in [0.1, 0.15) is 25.7 Å². The molecular formula is C13H19NO4S3. The van der Waals surface area contributed by atoms with Crippen molar-refractivity contribution in [2.75, 3.05) is 11.5 Å². The van der Waals surface area contributed by atoms with E-state index >= 15 is 0 Å². The first-order valence-electron chi connectivity index (χ1n) is 7.12. The average Bonchev–Trinajstić information content (AvgIpc) is 3.10. The third-order valence-corrected chi connectivity index (χ3v) is 9.86. The van der Waals surface area contributed by atoms with Gasteiger partial charge >= 0.3 is 0 Å². The van der Waals surface area contributed by atoms with Crippen LogP contribution in [0.2, 0.25) is 0 Å². The zero-order valence-corrected chi connectivity index (χ0v) is 14.0. The average molecular weight is 349 g/mol. The number of nitrogens with one attached hydrogen (secondary N) is 1. The molecule has 0 bridgehead atoms. The first-order valence-corrected chi connectivity index (χ1v) is 11.4. The summed E-state index contributed by atoms with van der Waals surface area (Å²) in [5.74, 6) is -0.337. The van der Waals surface area contributed by atoms with Crippen LogP contribution in [0, 0.1) is 0 Å². The fourth-order valence-corrected chi connectivity index (χ4v) is 9.15. The predicted molar refractivity (Wildman–Crippen MR) is 83.1 cm³/mol. The minimum Gasteiger partial charge on any atom is -0.309 e. The van der Waals surface area contributed by atoms with E-state index in [1.54, 1.807) is 17.5 Å². The molecule has 1 N–H and O–H groups in total. The number of hydrogen-bond donors (Lipinski definition) is 1. The van der Waals surface area contributed by atoms with Crippen molar-refractivity contribution in [3.05, 3.63) is 17.5 Å². The highest BCUT2D eigenvalue weighted by Crippen LogP contribution is 2.30. The summed E-state index contributed by atoms with van der Waals surface area (Å²) in [5, 5.41) is 4.14. The second kappa shape index (κ2) is 5.64. The zero-order chi connectivity index (χ0) is 15.1. The molecule has 5 nitrogen and oxygen atoms in total. The van der Waals surface area contributed by atoms with E-state index in [2.05, 4.69) is 5.32 Å². The maximum Gasteiger partial charge on any atom is 0.193 e. The monoisotopic (exact) mass is 349 g/mol. The van der Waals surface area contributed by atoms with Gasteiger partial charge in [0.05, 0.1) is 16.8 Å². The lowest BCUT2D eigenvalue weighted by molar-refractivity contribution is 0.450. The van der Waals surface area contributed by atoms with Crippen molar-refractivity contribution in [1.82, 2.24) is 5.32 Å². The summed E-state index contributed by atoms with van der Waals surface area (Å²) in [6.07, 6.45) is 4.25. The molecule has 1 saturated heterocycles. The van der Waals surface area contributed by atoms with Crippen molar-refractivity contribution >= 4 is 31.0 Å². The summed E-state index contributed by atoms with van der Waals surface area (Å²) in [6, 6.07) is 3.01. The molecule has 3 rings (SSSR count). The molecular weight excluding hydrogens is 330 g/mol. The van der Waals surface area contributed by atoms with E-state index in [9.17, 15) is 16.8 Å². The second-order valence-corrected chi connectivity index (χ2v) is 11.3. The molecule has 0 aromatic carbocycles. The lowest BCUT2D eigenvalue weighted by atomic mass is 10.2. The van der Waals surface area contributed by atoms with Gasteiger partial charge in [0.2, 0.25) is 0 Å². The normalized spacial score (nSPS) is 29.9. The highest BCUT2D eigenvalue weighted by Gasteiger charge is 2.46. The summed E-state index contributed by atoms with van der Waals surface area (Å²) >= 11 is 1.15. The Bertz CT molecular complexity index is 688. The first-order chi connectivity index (χ1) is 9.88. The second-order valence-electron chi connectivity index (χ2n) is 5.85. The van der Waals surface area contributed by atoms with Crippen LogP contribution in [-0.2, 0) is 19.7 Å². The lowest BCUT2D eigenvalue weighted by Crippen LogP contribution is -2.47. The molecule has 2 unspecified atom stereocenters. The van der Waals surface area contributed by atoms with E-state index in [1.165, 1.54) is 0 Å². The maximum absolute atomic E-state index is 12.7. The smallest absolute Gasteiger partial charge is 0.193 e. The molecule has 2 heterocycles. The van der Waals surface area contributed by atoms with Crippen LogP contribution in [0.3, 0.4) is 0 Å². The van der Waals surface area contributed by atoms with Crippen LogP contribution in [0.15, 0.2) is 21.7 Å². The van der Waals surface area contributed by atoms with Gasteiger partial charge < -0.3 is 5.32 Å². The number of rotatable bonds is 4. The van der Waals surface area contributed by atoms with Gasteiger partial charge in [0, 0.05) is 12.1 Å². The molecule has 1 saturated carbocycles. The predicted octanol–water partition coefficient (Wildman–Crippen LogP) is 1.22. The highest BCUT2D eigenvalue weighted by atomic mass is 32.2. The van der Waals surface area contributed by atoms with Gasteiger partial charge in [-0.3, -0.25) is 0 Å². The van der Waals surface area contributed by atoms with Gasteiger partial charge in [-0.25, -0.2) is 16.8 Å². The minimum atomic E-state index is -3.58. The van der Waals surface area contributed by atoms with Crippen molar-refractivity contribution in [2.24, 2.45) is 0 Å². The molecule has 2 aliphatic rings. The van der Waals surface area contributed by atoms with Crippen LogP contribution in [0.5, 0.6) is 0 Å². The van der Waals surface area contributed by atoms with Crippen molar-refractivity contribution < 1.29 is 16.8 Å². The Morgan fingerprint density at radius 2 is 1.90 bits per heavy atom. The van der Waals surface area contributed by atoms with Gasteiger partial charge in [-0.05, 0) is 24.3 Å². The highest BCUT2D eigenvalue weighted by molar-refractivity contribution is 7.97. The molecule has 0 radical (unpaired) electrons. The van der Waals surface area contributed by atoms with Crippen LogP contribution in [0.25, 0.3) is 0 Å². The molecule has 8 heteroatoms. The van der Waals surface area contributed by atoms with Crippen molar-refractivity contribution in [1.29, 1.82) is 0 Å². The van der Waals surface area contributed by atoms with Gasteiger partial charge in [-0.15, -0.1) is 11.3 Å². The van der Waals surface area contributed by atoms with E-state index in [4.69, 9.17) is 0 Å².